The molecule has 1 aliphatic heterocycles. The summed E-state index contributed by atoms with van der Waals surface area (Å²) in [4.78, 5) is 28.4. The topological polar surface area (TPSA) is 105 Å². The van der Waals surface area contributed by atoms with E-state index in [9.17, 15) is 22.4 Å². The lowest BCUT2D eigenvalue weighted by Crippen LogP contribution is -2.52. The summed E-state index contributed by atoms with van der Waals surface area (Å²) >= 11 is 6.41. The predicted molar refractivity (Wildman–Crippen MR) is 158 cm³/mol. The highest BCUT2D eigenvalue weighted by molar-refractivity contribution is 7.92. The van der Waals surface area contributed by atoms with E-state index in [1.54, 1.807) is 31.2 Å². The fourth-order valence-corrected chi connectivity index (χ4v) is 6.17. The van der Waals surface area contributed by atoms with Gasteiger partial charge in [0.1, 0.15) is 31.6 Å². The minimum absolute atomic E-state index is 0.0299. The lowest BCUT2D eigenvalue weighted by atomic mass is 10.1. The largest absolute Gasteiger partial charge is 0.486 e. The Balaban J connectivity index is 1.74. The van der Waals surface area contributed by atoms with Gasteiger partial charge in [0.05, 0.1) is 10.6 Å². The van der Waals surface area contributed by atoms with E-state index in [0.29, 0.717) is 35.9 Å². The summed E-state index contributed by atoms with van der Waals surface area (Å²) in [5, 5.41) is 3.23. The maximum atomic E-state index is 14.1. The minimum atomic E-state index is -4.38. The zero-order chi connectivity index (χ0) is 30.3. The van der Waals surface area contributed by atoms with Gasteiger partial charge in [0.15, 0.2) is 11.5 Å². The number of ether oxygens (including phenoxy) is 2. The second kappa shape index (κ2) is 13.9. The quantitative estimate of drug-likeness (QED) is 0.314. The van der Waals surface area contributed by atoms with Gasteiger partial charge in [0.2, 0.25) is 11.8 Å². The van der Waals surface area contributed by atoms with E-state index in [1.165, 1.54) is 35.2 Å². The molecule has 0 aromatic heterocycles. The average Bonchev–Trinajstić information content (AvgIpc) is 2.99. The van der Waals surface area contributed by atoms with Crippen LogP contribution in [0.1, 0.15) is 32.3 Å². The van der Waals surface area contributed by atoms with E-state index >= 15 is 0 Å². The molecule has 9 nitrogen and oxygen atoms in total. The summed E-state index contributed by atoms with van der Waals surface area (Å²) in [6.45, 7) is 4.00. The van der Waals surface area contributed by atoms with E-state index in [4.69, 9.17) is 21.1 Å². The van der Waals surface area contributed by atoms with Gasteiger partial charge in [-0.25, -0.2) is 12.8 Å². The van der Waals surface area contributed by atoms with Gasteiger partial charge >= 0.3 is 0 Å². The summed E-state index contributed by atoms with van der Waals surface area (Å²) in [6.07, 6.45) is 0.976. The first kappa shape index (κ1) is 31.1. The van der Waals surface area contributed by atoms with Crippen LogP contribution in [0.5, 0.6) is 11.5 Å². The van der Waals surface area contributed by atoms with E-state index < -0.39 is 34.3 Å². The van der Waals surface area contributed by atoms with Crippen molar-refractivity contribution in [1.29, 1.82) is 0 Å². The summed E-state index contributed by atoms with van der Waals surface area (Å²) in [6, 6.07) is 15.0. The standard InChI is InChI=1S/C30H33ClFN3O6S/c1-3-15-33-30(37)26(4-2)34(19-21-7-5-6-8-25(21)31)29(36)20-35(23-11-9-22(32)10-12-23)42(38,39)24-13-14-27-28(18-24)41-17-16-40-27/h5-14,18,26H,3-4,15-17,19-20H2,1-2H3,(H,33,37)/t26-/m1/s1. The number of nitrogens with zero attached hydrogens (tertiary/aromatic N) is 2. The normalized spacial score (nSPS) is 13.2. The van der Waals surface area contributed by atoms with Gasteiger partial charge in [-0.1, -0.05) is 43.6 Å². The maximum absolute atomic E-state index is 14.1. The lowest BCUT2D eigenvalue weighted by Gasteiger charge is -2.33. The monoisotopic (exact) mass is 617 g/mol. The highest BCUT2D eigenvalue weighted by atomic mass is 35.5. The zero-order valence-corrected chi connectivity index (χ0v) is 25.0. The van der Waals surface area contributed by atoms with Crippen LogP contribution in [0.15, 0.2) is 71.6 Å². The van der Waals surface area contributed by atoms with Crippen LogP contribution in [0.3, 0.4) is 0 Å². The molecule has 3 aromatic rings. The summed E-state index contributed by atoms with van der Waals surface area (Å²) < 4.78 is 53.9. The molecule has 1 atom stereocenters. The molecule has 12 heteroatoms. The Bertz CT molecular complexity index is 1520. The Kier molecular flexibility index (Phi) is 10.3. The maximum Gasteiger partial charge on any atom is 0.264 e. The van der Waals surface area contributed by atoms with Gasteiger partial charge in [-0.2, -0.15) is 0 Å². The van der Waals surface area contributed by atoms with Crippen molar-refractivity contribution in [2.24, 2.45) is 0 Å². The molecular formula is C30H33ClFN3O6S. The zero-order valence-electron chi connectivity index (χ0n) is 23.4. The van der Waals surface area contributed by atoms with Crippen LogP contribution < -0.4 is 19.1 Å². The Morgan fingerprint density at radius 1 is 1.00 bits per heavy atom. The fourth-order valence-electron chi connectivity index (χ4n) is 4.54. The van der Waals surface area contributed by atoms with Crippen molar-refractivity contribution < 1.29 is 31.9 Å². The molecule has 3 aromatic carbocycles. The van der Waals surface area contributed by atoms with Gasteiger partial charge in [-0.05, 0) is 60.9 Å². The predicted octanol–water partition coefficient (Wildman–Crippen LogP) is 4.78. The van der Waals surface area contributed by atoms with E-state index in [0.717, 1.165) is 16.4 Å². The highest BCUT2D eigenvalue weighted by Gasteiger charge is 2.34. The van der Waals surface area contributed by atoms with Gasteiger partial charge < -0.3 is 19.7 Å². The third-order valence-electron chi connectivity index (χ3n) is 6.73. The van der Waals surface area contributed by atoms with Crippen molar-refractivity contribution in [3.63, 3.8) is 0 Å². The molecule has 4 rings (SSSR count). The van der Waals surface area contributed by atoms with Gasteiger partial charge in [-0.3, -0.25) is 13.9 Å². The molecule has 0 radical (unpaired) electrons. The smallest absolute Gasteiger partial charge is 0.264 e. The van der Waals surface area contributed by atoms with Crippen molar-refractivity contribution >= 4 is 39.1 Å². The Morgan fingerprint density at radius 2 is 1.69 bits per heavy atom. The number of carbonyl (C=O) groups is 2. The molecule has 0 bridgehead atoms. The molecule has 42 heavy (non-hydrogen) atoms. The first-order chi connectivity index (χ1) is 20.1. The summed E-state index contributed by atoms with van der Waals surface area (Å²) in [7, 11) is -4.38. The molecule has 0 fully saturated rings. The molecule has 2 amide bonds. The number of halogens is 2. The number of anilines is 1. The number of fused-ring (bicyclic) bond motifs is 1. The number of hydrogen-bond donors (Lipinski definition) is 1. The number of amides is 2. The van der Waals surface area contributed by atoms with Crippen molar-refractivity contribution in [2.45, 2.75) is 44.2 Å². The van der Waals surface area contributed by atoms with Gasteiger partial charge in [-0.15, -0.1) is 0 Å². The van der Waals surface area contributed by atoms with Crippen LogP contribution in [0.2, 0.25) is 5.02 Å². The van der Waals surface area contributed by atoms with Crippen molar-refractivity contribution in [3.8, 4) is 11.5 Å². The number of hydrogen-bond acceptors (Lipinski definition) is 6. The van der Waals surface area contributed by atoms with Crippen molar-refractivity contribution in [1.82, 2.24) is 10.2 Å². The van der Waals surface area contributed by atoms with Crippen LogP contribution in [0.25, 0.3) is 0 Å². The molecule has 0 spiro atoms. The van der Waals surface area contributed by atoms with Crippen LogP contribution in [0.4, 0.5) is 10.1 Å². The van der Waals surface area contributed by atoms with Crippen molar-refractivity contribution in [2.75, 3.05) is 30.6 Å². The molecular weight excluding hydrogens is 585 g/mol. The third-order valence-corrected chi connectivity index (χ3v) is 8.87. The number of rotatable bonds is 12. The number of benzene rings is 3. The molecule has 0 aliphatic carbocycles. The van der Waals surface area contributed by atoms with Crippen molar-refractivity contribution in [3.05, 3.63) is 83.1 Å². The van der Waals surface area contributed by atoms with Crippen LogP contribution in [0, 0.1) is 5.82 Å². The van der Waals surface area contributed by atoms with Gasteiger partial charge in [0.25, 0.3) is 10.0 Å². The van der Waals surface area contributed by atoms with E-state index in [1.807, 2.05) is 6.92 Å². The summed E-state index contributed by atoms with van der Waals surface area (Å²) in [5.41, 5.74) is 0.665. The molecule has 224 valence electrons. The lowest BCUT2D eigenvalue weighted by molar-refractivity contribution is -0.140. The van der Waals surface area contributed by atoms with Gasteiger partial charge in [0, 0.05) is 24.2 Å². The van der Waals surface area contributed by atoms with E-state index in [-0.39, 0.29) is 41.8 Å². The first-order valence-electron chi connectivity index (χ1n) is 13.6. The molecule has 1 N–H and O–H groups in total. The Hall–Kier alpha value is -3.83. The summed E-state index contributed by atoms with van der Waals surface area (Å²) in [5.74, 6) is -0.909. The molecule has 1 heterocycles. The number of carbonyl (C=O) groups excluding carboxylic acids is 2. The first-order valence-corrected chi connectivity index (χ1v) is 15.5. The molecule has 0 saturated carbocycles. The average molecular weight is 618 g/mol. The molecule has 0 unspecified atom stereocenters. The SMILES string of the molecule is CCCNC(=O)[C@@H](CC)N(Cc1ccccc1Cl)C(=O)CN(c1ccc(F)cc1)S(=O)(=O)c1ccc2c(c1)OCCO2. The molecule has 0 saturated heterocycles. The highest BCUT2D eigenvalue weighted by Crippen LogP contribution is 2.34. The number of nitrogens with one attached hydrogen (secondary N) is 1. The second-order valence-electron chi connectivity index (χ2n) is 9.62. The Morgan fingerprint density at radius 3 is 2.36 bits per heavy atom. The van der Waals surface area contributed by atoms with E-state index in [2.05, 4.69) is 5.32 Å². The number of sulfonamides is 1. The third kappa shape index (κ3) is 7.14. The second-order valence-corrected chi connectivity index (χ2v) is 11.9. The van der Waals surface area contributed by atoms with Crippen LogP contribution >= 0.6 is 11.6 Å². The Labute approximate surface area is 250 Å². The van der Waals surface area contributed by atoms with Crippen LogP contribution in [-0.2, 0) is 26.2 Å². The van der Waals surface area contributed by atoms with Crippen LogP contribution in [-0.4, -0.2) is 57.5 Å². The fraction of sp³-hybridized carbons (Fsp3) is 0.333. The minimum Gasteiger partial charge on any atom is -0.486 e. The molecule has 1 aliphatic rings.